The predicted molar refractivity (Wildman–Crippen MR) is 122 cm³/mol. The molecule has 2 fully saturated rings. The van der Waals surface area contributed by atoms with Gasteiger partial charge in [-0.15, -0.1) is 0 Å². The van der Waals surface area contributed by atoms with Crippen LogP contribution < -0.4 is 5.73 Å². The third-order valence-corrected chi connectivity index (χ3v) is 7.10. The summed E-state index contributed by atoms with van der Waals surface area (Å²) in [4.78, 5) is 30.4. The molecule has 1 aromatic heterocycles. The molecule has 0 bridgehead atoms. The van der Waals surface area contributed by atoms with Gasteiger partial charge in [0, 0.05) is 42.2 Å². The Labute approximate surface area is 196 Å². The lowest BCUT2D eigenvalue weighted by molar-refractivity contribution is -0.183. The first-order chi connectivity index (χ1) is 16.4. The van der Waals surface area contributed by atoms with Gasteiger partial charge in [0.05, 0.1) is 12.6 Å². The Bertz CT molecular complexity index is 1210. The predicted octanol–water partition coefficient (Wildman–Crippen LogP) is 4.73. The molecule has 1 aliphatic heterocycles. The van der Waals surface area contributed by atoms with Crippen molar-refractivity contribution in [2.24, 2.45) is 17.6 Å². The quantitative estimate of drug-likeness (QED) is 0.589. The Balaban J connectivity index is 1.23. The highest BCUT2D eigenvalue weighted by Crippen LogP contribution is 2.37. The zero-order valence-corrected chi connectivity index (χ0v) is 18.8. The lowest BCUT2D eigenvalue weighted by Crippen LogP contribution is -2.37. The van der Waals surface area contributed by atoms with Gasteiger partial charge in [0.1, 0.15) is 11.6 Å². The van der Waals surface area contributed by atoms with Crippen LogP contribution in [0, 0.1) is 23.5 Å². The highest BCUT2D eigenvalue weighted by atomic mass is 19.1. The number of nitrogens with two attached hydrogens (primary N) is 1. The molecule has 1 aliphatic carbocycles. The summed E-state index contributed by atoms with van der Waals surface area (Å²) in [6, 6.07) is 10.4. The normalized spacial score (nSPS) is 22.9. The van der Waals surface area contributed by atoms with Gasteiger partial charge in [-0.1, -0.05) is 6.07 Å². The van der Waals surface area contributed by atoms with E-state index in [9.17, 15) is 18.4 Å². The number of rotatable bonds is 5. The van der Waals surface area contributed by atoms with Crippen LogP contribution in [0.3, 0.4) is 0 Å². The van der Waals surface area contributed by atoms with Crippen molar-refractivity contribution >= 4 is 22.7 Å². The Morgan fingerprint density at radius 3 is 2.41 bits per heavy atom. The average molecular weight is 468 g/mol. The maximum atomic E-state index is 13.7. The number of hydrogen-bond acceptors (Lipinski definition) is 3. The highest BCUT2D eigenvalue weighted by molar-refractivity contribution is 5.97. The van der Waals surface area contributed by atoms with Crippen molar-refractivity contribution in [3.05, 3.63) is 71.4 Å². The summed E-state index contributed by atoms with van der Waals surface area (Å²) in [6.45, 7) is 1.15. The molecule has 6 nitrogen and oxygen atoms in total. The van der Waals surface area contributed by atoms with Gasteiger partial charge in [-0.2, -0.15) is 0 Å². The Morgan fingerprint density at radius 1 is 0.971 bits per heavy atom. The maximum absolute atomic E-state index is 13.7. The summed E-state index contributed by atoms with van der Waals surface area (Å²) < 4.78 is 29.6. The average Bonchev–Trinajstić information content (AvgIpc) is 3.46. The van der Waals surface area contributed by atoms with Crippen molar-refractivity contribution in [3.8, 4) is 0 Å². The van der Waals surface area contributed by atoms with Crippen molar-refractivity contribution in [2.45, 2.75) is 44.7 Å². The van der Waals surface area contributed by atoms with E-state index in [2.05, 4.69) is 4.57 Å². The SMILES string of the molecule is NC(=O)c1ccc2ccn(CC3CCC(C(=O)N4OCC[C@H]4c4cc(F)cc(F)c4)CC3)c2c1. The van der Waals surface area contributed by atoms with Gasteiger partial charge in [-0.05, 0) is 72.9 Å². The van der Waals surface area contributed by atoms with Crippen LogP contribution in [0.15, 0.2) is 48.7 Å². The largest absolute Gasteiger partial charge is 0.366 e. The third-order valence-electron chi connectivity index (χ3n) is 7.10. The minimum absolute atomic E-state index is 0.108. The molecule has 2 heterocycles. The number of fused-ring (bicyclic) bond motifs is 1. The first-order valence-corrected chi connectivity index (χ1v) is 11.7. The molecule has 1 saturated carbocycles. The van der Waals surface area contributed by atoms with Gasteiger partial charge >= 0.3 is 0 Å². The van der Waals surface area contributed by atoms with Crippen molar-refractivity contribution in [2.75, 3.05) is 6.61 Å². The van der Waals surface area contributed by atoms with Crippen molar-refractivity contribution in [1.29, 1.82) is 0 Å². The molecule has 0 unspecified atom stereocenters. The number of halogens is 2. The lowest BCUT2D eigenvalue weighted by Gasteiger charge is -2.32. The number of hydrogen-bond donors (Lipinski definition) is 1. The molecule has 34 heavy (non-hydrogen) atoms. The van der Waals surface area contributed by atoms with Crippen molar-refractivity contribution < 1.29 is 23.2 Å². The molecule has 178 valence electrons. The standard InChI is InChI=1S/C26H27F2N3O3/c27-21-11-20(12-22(28)14-21)23-8-10-34-31(23)26(33)18-3-1-16(2-4-18)15-30-9-7-17-5-6-19(25(29)32)13-24(17)30/h5-7,9,11-14,16,18,23H,1-4,8,10,15H2,(H2,29,32)/t16?,18?,23-/m0/s1. The number of carbonyl (C=O) groups is 2. The number of hydroxylamine groups is 2. The van der Waals surface area contributed by atoms with Crippen LogP contribution in [0.1, 0.15) is 54.1 Å². The maximum Gasteiger partial charge on any atom is 0.249 e. The molecule has 2 N–H and O–H groups in total. The fraction of sp³-hybridized carbons (Fsp3) is 0.385. The zero-order chi connectivity index (χ0) is 23.8. The van der Waals surface area contributed by atoms with E-state index in [1.54, 1.807) is 6.07 Å². The number of nitrogens with zero attached hydrogens (tertiary/aromatic N) is 2. The molecule has 0 radical (unpaired) electrons. The van der Waals surface area contributed by atoms with Crippen LogP contribution in [-0.4, -0.2) is 28.1 Å². The minimum Gasteiger partial charge on any atom is -0.366 e. The lowest BCUT2D eigenvalue weighted by atomic mass is 9.81. The Hall–Kier alpha value is -3.26. The summed E-state index contributed by atoms with van der Waals surface area (Å²) in [5.41, 5.74) is 7.32. The first kappa shape index (κ1) is 22.5. The number of benzene rings is 2. The molecule has 0 spiro atoms. The molecule has 8 heteroatoms. The van der Waals surface area contributed by atoms with Crippen LogP contribution in [-0.2, 0) is 16.2 Å². The molecule has 3 aromatic rings. The Morgan fingerprint density at radius 2 is 1.71 bits per heavy atom. The summed E-state index contributed by atoms with van der Waals surface area (Å²) in [5.74, 6) is -1.63. The molecule has 5 rings (SSSR count). The molecule has 1 atom stereocenters. The minimum atomic E-state index is -0.657. The summed E-state index contributed by atoms with van der Waals surface area (Å²) in [5, 5.41) is 2.39. The summed E-state index contributed by atoms with van der Waals surface area (Å²) in [7, 11) is 0. The van der Waals surface area contributed by atoms with Crippen LogP contribution in [0.25, 0.3) is 10.9 Å². The monoisotopic (exact) mass is 467 g/mol. The van der Waals surface area contributed by atoms with Gasteiger partial charge in [0.15, 0.2) is 0 Å². The van der Waals surface area contributed by atoms with Crippen molar-refractivity contribution in [1.82, 2.24) is 9.63 Å². The molecular weight excluding hydrogens is 440 g/mol. The second-order valence-corrected chi connectivity index (χ2v) is 9.33. The number of primary amides is 1. The fourth-order valence-electron chi connectivity index (χ4n) is 5.30. The van der Waals surface area contributed by atoms with Crippen molar-refractivity contribution in [3.63, 3.8) is 0 Å². The van der Waals surface area contributed by atoms with E-state index in [-0.39, 0.29) is 11.8 Å². The van der Waals surface area contributed by atoms with Gasteiger partial charge in [-0.3, -0.25) is 14.4 Å². The molecular formula is C26H27F2N3O3. The molecule has 1 saturated heterocycles. The topological polar surface area (TPSA) is 77.6 Å². The zero-order valence-electron chi connectivity index (χ0n) is 18.8. The van der Waals surface area contributed by atoms with Crippen LogP contribution >= 0.6 is 0 Å². The number of aromatic nitrogens is 1. The second-order valence-electron chi connectivity index (χ2n) is 9.33. The van der Waals surface area contributed by atoms with Crippen LogP contribution in [0.5, 0.6) is 0 Å². The smallest absolute Gasteiger partial charge is 0.249 e. The van der Waals surface area contributed by atoms with E-state index in [0.29, 0.717) is 30.1 Å². The van der Waals surface area contributed by atoms with E-state index in [1.807, 2.05) is 24.4 Å². The first-order valence-electron chi connectivity index (χ1n) is 11.7. The van der Waals surface area contributed by atoms with Gasteiger partial charge in [0.2, 0.25) is 11.8 Å². The Kier molecular flexibility index (Phi) is 6.08. The van der Waals surface area contributed by atoms with Gasteiger partial charge in [0.25, 0.3) is 0 Å². The fourth-order valence-corrected chi connectivity index (χ4v) is 5.30. The number of carbonyl (C=O) groups excluding carboxylic acids is 2. The van der Waals surface area contributed by atoms with Gasteiger partial charge < -0.3 is 10.3 Å². The third kappa shape index (κ3) is 4.42. The van der Waals surface area contributed by atoms with Gasteiger partial charge in [-0.25, -0.2) is 13.8 Å². The van der Waals surface area contributed by atoms with Crippen LogP contribution in [0.2, 0.25) is 0 Å². The number of amides is 2. The summed E-state index contributed by atoms with van der Waals surface area (Å²) >= 11 is 0. The van der Waals surface area contributed by atoms with Crippen LogP contribution in [0.4, 0.5) is 8.78 Å². The molecule has 2 aromatic carbocycles. The van der Waals surface area contributed by atoms with E-state index < -0.39 is 23.6 Å². The molecule has 2 amide bonds. The molecule has 2 aliphatic rings. The summed E-state index contributed by atoms with van der Waals surface area (Å²) in [6.07, 6.45) is 5.78. The highest BCUT2D eigenvalue weighted by Gasteiger charge is 2.37. The van der Waals surface area contributed by atoms with E-state index in [0.717, 1.165) is 49.2 Å². The van der Waals surface area contributed by atoms with E-state index >= 15 is 0 Å². The van der Waals surface area contributed by atoms with E-state index in [1.165, 1.54) is 17.2 Å². The van der Waals surface area contributed by atoms with E-state index in [4.69, 9.17) is 10.6 Å². The second kappa shape index (κ2) is 9.18.